The van der Waals surface area contributed by atoms with Gasteiger partial charge in [0, 0.05) is 12.0 Å². The number of rotatable bonds is 4. The Morgan fingerprint density at radius 3 is 2.71 bits per heavy atom. The molecule has 0 aliphatic heterocycles. The second kappa shape index (κ2) is 8.29. The van der Waals surface area contributed by atoms with Gasteiger partial charge in [0.05, 0.1) is 5.52 Å². The van der Waals surface area contributed by atoms with Gasteiger partial charge in [0.15, 0.2) is 5.78 Å². The number of nitrogens with zero attached hydrogens (tertiary/aromatic N) is 3. The molecule has 190 valence electrons. The zero-order valence-electron chi connectivity index (χ0n) is 20.2. The summed E-state index contributed by atoms with van der Waals surface area (Å²) >= 11 is 0. The smallest absolute Gasteiger partial charge is 0.266 e. The molecule has 1 aromatic heterocycles. The highest BCUT2D eigenvalue weighted by Crippen LogP contribution is 2.65. The molecule has 4 fully saturated rings. The lowest BCUT2D eigenvalue weighted by Crippen LogP contribution is -2.53. The first-order chi connectivity index (χ1) is 16.7. The van der Waals surface area contributed by atoms with Crippen LogP contribution in [-0.4, -0.2) is 37.9 Å². The second-order valence-corrected chi connectivity index (χ2v) is 12.1. The SMILES string of the molecule is CC12CC[C@@H]3C4CC[C@](O)(C(F)F)C[C@H]4CCC3[C@@H]1CC[C@@H]2C(=O)Cn1nnc2cc(F)ccc21. The van der Waals surface area contributed by atoms with E-state index in [1.807, 2.05) is 0 Å². The van der Waals surface area contributed by atoms with E-state index in [0.717, 1.165) is 38.5 Å². The fourth-order valence-electron chi connectivity index (χ4n) is 8.96. The molecule has 3 unspecified atom stereocenters. The minimum Gasteiger partial charge on any atom is -0.384 e. The molecule has 35 heavy (non-hydrogen) atoms. The van der Waals surface area contributed by atoms with Gasteiger partial charge >= 0.3 is 0 Å². The van der Waals surface area contributed by atoms with Crippen LogP contribution in [0.25, 0.3) is 11.0 Å². The molecule has 8 heteroatoms. The van der Waals surface area contributed by atoms with E-state index in [0.29, 0.717) is 41.1 Å². The Morgan fingerprint density at radius 1 is 1.11 bits per heavy atom. The standard InChI is InChI=1S/C27H34F3N3O2/c1-26-10-8-18-17-9-11-27(35,25(29)30)13-15(17)2-4-19(18)20(26)5-6-21(26)24(34)14-33-23-7-3-16(28)12-22(23)31-32-33/h3,7,12,15,17-21,25,35H,2,4-6,8-11,13-14H2,1H3/t15-,17?,18-,19?,20+,21-,26?,27-/m1/s1. The highest BCUT2D eigenvalue weighted by molar-refractivity contribution is 5.84. The molecule has 5 nitrogen and oxygen atoms in total. The number of alkyl halides is 2. The van der Waals surface area contributed by atoms with E-state index < -0.39 is 12.0 Å². The lowest BCUT2D eigenvalue weighted by Gasteiger charge is -2.57. The Bertz CT molecular complexity index is 1140. The van der Waals surface area contributed by atoms with Gasteiger partial charge in [-0.3, -0.25) is 4.79 Å². The average molecular weight is 490 g/mol. The van der Waals surface area contributed by atoms with Gasteiger partial charge in [-0.25, -0.2) is 17.9 Å². The highest BCUT2D eigenvalue weighted by atomic mass is 19.3. The Balaban J connectivity index is 1.18. The molecule has 4 aliphatic carbocycles. The number of halogens is 3. The van der Waals surface area contributed by atoms with E-state index in [2.05, 4.69) is 17.2 Å². The molecule has 1 aromatic carbocycles. The number of hydrogen-bond donors (Lipinski definition) is 1. The predicted octanol–water partition coefficient (Wildman–Crippen LogP) is 5.40. The number of hydrogen-bond acceptors (Lipinski definition) is 4. The lowest BCUT2D eigenvalue weighted by molar-refractivity contribution is -0.160. The van der Waals surface area contributed by atoms with Crippen LogP contribution >= 0.6 is 0 Å². The summed E-state index contributed by atoms with van der Waals surface area (Å²) in [6.07, 6.45) is 4.34. The fourth-order valence-corrected chi connectivity index (χ4v) is 8.96. The van der Waals surface area contributed by atoms with Gasteiger partial charge in [-0.2, -0.15) is 0 Å². The maximum Gasteiger partial charge on any atom is 0.266 e. The number of ketones is 1. The Labute approximate surface area is 203 Å². The topological polar surface area (TPSA) is 68.0 Å². The van der Waals surface area contributed by atoms with E-state index >= 15 is 0 Å². The first-order valence-electron chi connectivity index (χ1n) is 13.2. The van der Waals surface area contributed by atoms with Crippen LogP contribution in [0.4, 0.5) is 13.2 Å². The maximum atomic E-state index is 13.5. The van der Waals surface area contributed by atoms with Crippen molar-refractivity contribution in [3.8, 4) is 0 Å². The second-order valence-electron chi connectivity index (χ2n) is 12.1. The van der Waals surface area contributed by atoms with Crippen molar-refractivity contribution in [3.63, 3.8) is 0 Å². The van der Waals surface area contributed by atoms with E-state index in [9.17, 15) is 23.1 Å². The van der Waals surface area contributed by atoms with Crippen LogP contribution in [0, 0.1) is 46.7 Å². The molecular weight excluding hydrogens is 455 g/mol. The third-order valence-electron chi connectivity index (χ3n) is 10.6. The van der Waals surface area contributed by atoms with Crippen molar-refractivity contribution in [3.05, 3.63) is 24.0 Å². The molecule has 4 aliphatic rings. The highest BCUT2D eigenvalue weighted by Gasteiger charge is 2.59. The molecule has 8 atom stereocenters. The van der Waals surface area contributed by atoms with Gasteiger partial charge in [-0.15, -0.1) is 5.10 Å². The summed E-state index contributed by atoms with van der Waals surface area (Å²) in [6, 6.07) is 4.33. The van der Waals surface area contributed by atoms with Gasteiger partial charge in [0.25, 0.3) is 6.43 Å². The van der Waals surface area contributed by atoms with Crippen LogP contribution in [0.2, 0.25) is 0 Å². The average Bonchev–Trinajstić information content (AvgIpc) is 3.38. The largest absolute Gasteiger partial charge is 0.384 e. The minimum absolute atomic E-state index is 0.0267. The quantitative estimate of drug-likeness (QED) is 0.624. The number of Topliss-reactive ketones (excluding diaryl/α,β-unsaturated/α-hetero) is 1. The summed E-state index contributed by atoms with van der Waals surface area (Å²) in [6.45, 7) is 2.45. The van der Waals surface area contributed by atoms with Gasteiger partial charge in [0.2, 0.25) is 0 Å². The van der Waals surface area contributed by atoms with Crippen molar-refractivity contribution in [1.82, 2.24) is 15.0 Å². The van der Waals surface area contributed by atoms with Gasteiger partial charge < -0.3 is 5.11 Å². The summed E-state index contributed by atoms with van der Waals surface area (Å²) < 4.78 is 42.1. The summed E-state index contributed by atoms with van der Waals surface area (Å²) in [5.74, 6) is 1.95. The molecule has 0 saturated heterocycles. The number of carbonyl (C=O) groups is 1. The van der Waals surface area contributed by atoms with E-state index in [-0.39, 0.29) is 48.2 Å². The van der Waals surface area contributed by atoms with Crippen LogP contribution < -0.4 is 0 Å². The molecule has 0 amide bonds. The maximum absolute atomic E-state index is 13.5. The minimum atomic E-state index is -2.67. The van der Waals surface area contributed by atoms with Crippen molar-refractivity contribution >= 4 is 16.8 Å². The number of benzene rings is 1. The van der Waals surface area contributed by atoms with Crippen LogP contribution in [0.1, 0.15) is 64.7 Å². The molecule has 0 bridgehead atoms. The summed E-state index contributed by atoms with van der Waals surface area (Å²) in [5, 5.41) is 18.6. The summed E-state index contributed by atoms with van der Waals surface area (Å²) in [7, 11) is 0. The summed E-state index contributed by atoms with van der Waals surface area (Å²) in [4.78, 5) is 13.5. The Kier molecular flexibility index (Phi) is 5.55. The number of carbonyl (C=O) groups excluding carboxylic acids is 1. The van der Waals surface area contributed by atoms with E-state index in [1.54, 1.807) is 10.7 Å². The predicted molar refractivity (Wildman–Crippen MR) is 124 cm³/mol. The van der Waals surface area contributed by atoms with Crippen LogP contribution in [-0.2, 0) is 11.3 Å². The zero-order chi connectivity index (χ0) is 24.5. The number of fused-ring (bicyclic) bond motifs is 6. The van der Waals surface area contributed by atoms with Crippen LogP contribution in [0.15, 0.2) is 18.2 Å². The molecule has 0 spiro atoms. The molecule has 1 heterocycles. The third kappa shape index (κ3) is 3.65. The number of aromatic nitrogens is 3. The fraction of sp³-hybridized carbons (Fsp3) is 0.741. The van der Waals surface area contributed by atoms with Crippen molar-refractivity contribution in [2.45, 2.75) is 83.3 Å². The summed E-state index contributed by atoms with van der Waals surface area (Å²) in [5.41, 5.74) is -0.731. The normalized spacial score (nSPS) is 41.0. The first-order valence-corrected chi connectivity index (χ1v) is 13.2. The number of aliphatic hydroxyl groups is 1. The van der Waals surface area contributed by atoms with Crippen LogP contribution in [0.5, 0.6) is 0 Å². The van der Waals surface area contributed by atoms with E-state index in [4.69, 9.17) is 0 Å². The van der Waals surface area contributed by atoms with Crippen LogP contribution in [0.3, 0.4) is 0 Å². The van der Waals surface area contributed by atoms with Crippen molar-refractivity contribution in [1.29, 1.82) is 0 Å². The molecule has 1 N–H and O–H groups in total. The first kappa shape index (κ1) is 23.4. The van der Waals surface area contributed by atoms with Crippen molar-refractivity contribution < 1.29 is 23.1 Å². The van der Waals surface area contributed by atoms with E-state index in [1.165, 1.54) is 12.1 Å². The molecule has 0 radical (unpaired) electrons. The molecular formula is C27H34F3N3O2. The molecule has 6 rings (SSSR count). The van der Waals surface area contributed by atoms with Crippen molar-refractivity contribution in [2.24, 2.45) is 40.9 Å². The lowest BCUT2D eigenvalue weighted by atomic mass is 9.49. The Hall–Kier alpha value is -1.96. The van der Waals surface area contributed by atoms with Gasteiger partial charge in [-0.05, 0) is 105 Å². The van der Waals surface area contributed by atoms with Gasteiger partial charge in [0.1, 0.15) is 23.5 Å². The monoisotopic (exact) mass is 489 g/mol. The molecule has 2 aromatic rings. The van der Waals surface area contributed by atoms with Crippen molar-refractivity contribution in [2.75, 3.05) is 0 Å². The zero-order valence-corrected chi connectivity index (χ0v) is 20.2. The Morgan fingerprint density at radius 2 is 1.91 bits per heavy atom. The molecule has 4 saturated carbocycles. The van der Waals surface area contributed by atoms with Gasteiger partial charge in [-0.1, -0.05) is 12.1 Å². The third-order valence-corrected chi connectivity index (χ3v) is 10.6.